The van der Waals surface area contributed by atoms with Crippen LogP contribution in [0.15, 0.2) is 20.3 Å². The van der Waals surface area contributed by atoms with Crippen LogP contribution < -0.4 is 4.87 Å². The minimum atomic E-state index is -0.805. The fourth-order valence-electron chi connectivity index (χ4n) is 2.03. The topological polar surface area (TPSA) is 85.5 Å². The normalized spacial score (nSPS) is 16.6. The molecule has 1 aromatic rings. The zero-order valence-corrected chi connectivity index (χ0v) is 13.0. The summed E-state index contributed by atoms with van der Waals surface area (Å²) in [5.41, 5.74) is -0.597. The summed E-state index contributed by atoms with van der Waals surface area (Å²) in [6, 6.07) is 0. The second-order valence-corrected chi connectivity index (χ2v) is 6.59. The van der Waals surface area contributed by atoms with Gasteiger partial charge in [-0.2, -0.15) is 0 Å². The van der Waals surface area contributed by atoms with Crippen LogP contribution >= 0.6 is 23.1 Å². The van der Waals surface area contributed by atoms with Crippen molar-refractivity contribution in [1.29, 1.82) is 0 Å². The fourth-order valence-corrected chi connectivity index (χ4v) is 4.49. The van der Waals surface area contributed by atoms with Gasteiger partial charge in [0.15, 0.2) is 0 Å². The van der Waals surface area contributed by atoms with Gasteiger partial charge in [-0.3, -0.25) is 4.79 Å². The Morgan fingerprint density at radius 2 is 1.75 bits per heavy atom. The molecule has 20 heavy (non-hydrogen) atoms. The molecule has 2 heterocycles. The lowest BCUT2D eigenvalue weighted by molar-refractivity contribution is -0.139. The van der Waals surface area contributed by atoms with E-state index in [0.717, 1.165) is 23.1 Å². The Bertz CT molecular complexity index is 668. The van der Waals surface area contributed by atoms with E-state index in [1.807, 2.05) is 0 Å². The van der Waals surface area contributed by atoms with Gasteiger partial charge < -0.3 is 14.5 Å². The molecule has 0 amide bonds. The SMILES string of the molecule is COC(=O)C1=C(C(=O)OC)C(C)(C)c2sc(=O)[nH]c2S1. The number of carbonyl (C=O) groups is 2. The molecule has 0 radical (unpaired) electrons. The van der Waals surface area contributed by atoms with Gasteiger partial charge in [0.2, 0.25) is 0 Å². The number of nitrogens with one attached hydrogen (secondary N) is 1. The summed E-state index contributed by atoms with van der Waals surface area (Å²) in [6.45, 7) is 3.54. The van der Waals surface area contributed by atoms with Crippen LogP contribution in [0.5, 0.6) is 0 Å². The lowest BCUT2D eigenvalue weighted by atomic mass is 9.82. The third-order valence-corrected chi connectivity index (χ3v) is 5.42. The number of aromatic nitrogens is 1. The van der Waals surface area contributed by atoms with Crippen molar-refractivity contribution >= 4 is 35.0 Å². The average molecular weight is 315 g/mol. The van der Waals surface area contributed by atoms with Gasteiger partial charge in [-0.1, -0.05) is 36.9 Å². The minimum absolute atomic E-state index is 0.144. The second-order valence-electron chi connectivity index (χ2n) is 4.59. The summed E-state index contributed by atoms with van der Waals surface area (Å²) < 4.78 is 9.49. The van der Waals surface area contributed by atoms with Gasteiger partial charge in [0.25, 0.3) is 0 Å². The Labute approximate surface area is 123 Å². The van der Waals surface area contributed by atoms with Gasteiger partial charge in [0, 0.05) is 5.41 Å². The summed E-state index contributed by atoms with van der Waals surface area (Å²) >= 11 is 2.05. The van der Waals surface area contributed by atoms with E-state index in [1.54, 1.807) is 13.8 Å². The van der Waals surface area contributed by atoms with Gasteiger partial charge in [-0.25, -0.2) is 9.59 Å². The highest BCUT2D eigenvalue weighted by atomic mass is 32.2. The molecule has 0 unspecified atom stereocenters. The Balaban J connectivity index is 2.71. The number of esters is 2. The molecule has 0 aliphatic carbocycles. The number of hydrogen-bond donors (Lipinski definition) is 1. The molecule has 0 saturated heterocycles. The van der Waals surface area contributed by atoms with Crippen LogP contribution in [0.3, 0.4) is 0 Å². The predicted molar refractivity (Wildman–Crippen MR) is 74.9 cm³/mol. The van der Waals surface area contributed by atoms with E-state index < -0.39 is 17.4 Å². The smallest absolute Gasteiger partial charge is 0.345 e. The van der Waals surface area contributed by atoms with E-state index in [4.69, 9.17) is 9.47 Å². The molecule has 8 heteroatoms. The Morgan fingerprint density at radius 1 is 1.15 bits per heavy atom. The van der Waals surface area contributed by atoms with Crippen LogP contribution in [-0.4, -0.2) is 31.1 Å². The highest BCUT2D eigenvalue weighted by Crippen LogP contribution is 2.49. The standard InChI is InChI=1S/C12H13NO5S2/c1-12(2)5(9(14)17-3)6(10(15)18-4)19-8-7(12)20-11(16)13-8/h1-4H3,(H,13,16). The van der Waals surface area contributed by atoms with Gasteiger partial charge in [-0.15, -0.1) is 0 Å². The first kappa shape index (κ1) is 14.9. The van der Waals surface area contributed by atoms with E-state index in [-0.39, 0.29) is 15.4 Å². The van der Waals surface area contributed by atoms with E-state index in [9.17, 15) is 14.4 Å². The summed E-state index contributed by atoms with van der Waals surface area (Å²) in [6.07, 6.45) is 0. The number of rotatable bonds is 2. The van der Waals surface area contributed by atoms with E-state index >= 15 is 0 Å². The first-order valence-corrected chi connectivity index (χ1v) is 7.29. The molecule has 0 fully saturated rings. The summed E-state index contributed by atoms with van der Waals surface area (Å²) in [5, 5.41) is 0.568. The summed E-state index contributed by atoms with van der Waals surface area (Å²) in [5.74, 6) is -1.23. The van der Waals surface area contributed by atoms with Crippen molar-refractivity contribution < 1.29 is 19.1 Å². The molecule has 0 atom stereocenters. The van der Waals surface area contributed by atoms with Crippen LogP contribution in [-0.2, 0) is 24.5 Å². The maximum atomic E-state index is 12.0. The monoisotopic (exact) mass is 315 g/mol. The number of thiazole rings is 1. The Kier molecular flexibility index (Phi) is 3.79. The second kappa shape index (κ2) is 5.10. The zero-order valence-electron chi connectivity index (χ0n) is 11.4. The van der Waals surface area contributed by atoms with Crippen molar-refractivity contribution in [1.82, 2.24) is 4.98 Å². The van der Waals surface area contributed by atoms with E-state index in [0.29, 0.717) is 9.90 Å². The summed E-state index contributed by atoms with van der Waals surface area (Å²) in [7, 11) is 2.49. The number of methoxy groups -OCH3 is 2. The molecule has 1 aliphatic rings. The van der Waals surface area contributed by atoms with Crippen molar-refractivity contribution in [3.8, 4) is 0 Å². The number of H-pyrrole nitrogens is 1. The van der Waals surface area contributed by atoms with Crippen LogP contribution in [0, 0.1) is 0 Å². The van der Waals surface area contributed by atoms with Gasteiger partial charge in [0.05, 0.1) is 29.7 Å². The number of carbonyl (C=O) groups excluding carboxylic acids is 2. The molecular weight excluding hydrogens is 302 g/mol. The third-order valence-electron chi connectivity index (χ3n) is 3.00. The van der Waals surface area contributed by atoms with Crippen LogP contribution in [0.25, 0.3) is 0 Å². The molecule has 1 aromatic heterocycles. The van der Waals surface area contributed by atoms with E-state index in [2.05, 4.69) is 4.98 Å². The lowest BCUT2D eigenvalue weighted by Gasteiger charge is -2.31. The highest BCUT2D eigenvalue weighted by molar-refractivity contribution is 8.04. The molecule has 6 nitrogen and oxygen atoms in total. The zero-order chi connectivity index (χ0) is 15.1. The molecule has 1 N–H and O–H groups in total. The summed E-state index contributed by atoms with van der Waals surface area (Å²) in [4.78, 5) is 38.8. The minimum Gasteiger partial charge on any atom is -0.466 e. The maximum Gasteiger partial charge on any atom is 0.345 e. The van der Waals surface area contributed by atoms with Gasteiger partial charge >= 0.3 is 16.8 Å². The fraction of sp³-hybridized carbons (Fsp3) is 0.417. The molecule has 2 rings (SSSR count). The van der Waals surface area contributed by atoms with Crippen molar-refractivity contribution in [2.45, 2.75) is 24.3 Å². The van der Waals surface area contributed by atoms with Crippen LogP contribution in [0.4, 0.5) is 0 Å². The van der Waals surface area contributed by atoms with Gasteiger partial charge in [0.1, 0.15) is 4.91 Å². The molecule has 0 spiro atoms. The van der Waals surface area contributed by atoms with Crippen molar-refractivity contribution in [2.75, 3.05) is 14.2 Å². The first-order chi connectivity index (χ1) is 9.32. The van der Waals surface area contributed by atoms with Crippen LogP contribution in [0.1, 0.15) is 18.7 Å². The van der Waals surface area contributed by atoms with E-state index in [1.165, 1.54) is 14.2 Å². The number of thioether (sulfide) groups is 1. The molecule has 0 aromatic carbocycles. The first-order valence-electron chi connectivity index (χ1n) is 5.65. The quantitative estimate of drug-likeness (QED) is 0.831. The maximum absolute atomic E-state index is 12.0. The molecule has 108 valence electrons. The Morgan fingerprint density at radius 3 is 2.30 bits per heavy atom. The molecule has 1 aliphatic heterocycles. The number of fused-ring (bicyclic) bond motifs is 1. The lowest BCUT2D eigenvalue weighted by Crippen LogP contribution is -2.31. The van der Waals surface area contributed by atoms with Crippen LogP contribution in [0.2, 0.25) is 0 Å². The third kappa shape index (κ3) is 2.18. The van der Waals surface area contributed by atoms with Crippen molar-refractivity contribution in [3.63, 3.8) is 0 Å². The van der Waals surface area contributed by atoms with Crippen molar-refractivity contribution in [3.05, 3.63) is 25.0 Å². The van der Waals surface area contributed by atoms with Gasteiger partial charge in [-0.05, 0) is 0 Å². The molecule has 0 bridgehead atoms. The number of hydrogen-bond acceptors (Lipinski definition) is 7. The number of aromatic amines is 1. The molecule has 0 saturated carbocycles. The number of ether oxygens (including phenoxy) is 2. The highest BCUT2D eigenvalue weighted by Gasteiger charge is 2.44. The largest absolute Gasteiger partial charge is 0.466 e. The molecular formula is C12H13NO5S2. The Hall–Kier alpha value is -1.54. The van der Waals surface area contributed by atoms with Crippen molar-refractivity contribution in [2.24, 2.45) is 0 Å². The predicted octanol–water partition coefficient (Wildman–Crippen LogP) is 1.42. The average Bonchev–Trinajstić information content (AvgIpc) is 2.78.